The minimum absolute atomic E-state index is 0.129. The van der Waals surface area contributed by atoms with Crippen LogP contribution in [-0.4, -0.2) is 27.1 Å². The molecule has 21 heavy (non-hydrogen) atoms. The molecule has 0 bridgehead atoms. The molecule has 0 radical (unpaired) electrons. The highest BCUT2D eigenvalue weighted by Gasteiger charge is 2.18. The second-order valence-corrected chi connectivity index (χ2v) is 5.40. The minimum atomic E-state index is -0.129. The van der Waals surface area contributed by atoms with Gasteiger partial charge in [-0.2, -0.15) is 5.10 Å². The molecule has 0 aliphatic heterocycles. The zero-order valence-corrected chi connectivity index (χ0v) is 12.1. The third-order valence-electron chi connectivity index (χ3n) is 3.02. The lowest BCUT2D eigenvalue weighted by Gasteiger charge is -2.05. The summed E-state index contributed by atoms with van der Waals surface area (Å²) in [6.45, 7) is 0.531. The van der Waals surface area contributed by atoms with Crippen LogP contribution in [0.3, 0.4) is 0 Å². The molecule has 3 aromatic rings. The van der Waals surface area contributed by atoms with Crippen molar-refractivity contribution < 1.29 is 4.79 Å². The third kappa shape index (κ3) is 2.76. The van der Waals surface area contributed by atoms with E-state index in [0.29, 0.717) is 24.4 Å². The van der Waals surface area contributed by atoms with Crippen LogP contribution in [-0.2, 0) is 6.42 Å². The average molecular weight is 298 g/mol. The summed E-state index contributed by atoms with van der Waals surface area (Å²) in [5.74, 6) is -0.129. The fraction of sp³-hybridized carbons (Fsp3) is 0.133. The van der Waals surface area contributed by atoms with Gasteiger partial charge in [0.25, 0.3) is 0 Å². The molecule has 6 heteroatoms. The van der Waals surface area contributed by atoms with Gasteiger partial charge in [-0.05, 0) is 24.7 Å². The van der Waals surface area contributed by atoms with E-state index < -0.39 is 0 Å². The van der Waals surface area contributed by atoms with Crippen LogP contribution >= 0.6 is 11.3 Å². The van der Waals surface area contributed by atoms with Gasteiger partial charge < -0.3 is 5.73 Å². The maximum Gasteiger partial charge on any atom is 0.230 e. The molecular weight excluding hydrogens is 284 g/mol. The normalized spacial score (nSPS) is 10.7. The van der Waals surface area contributed by atoms with Crippen LogP contribution < -0.4 is 5.73 Å². The largest absolute Gasteiger partial charge is 0.330 e. The first-order chi connectivity index (χ1) is 10.3. The fourth-order valence-corrected chi connectivity index (χ4v) is 2.83. The van der Waals surface area contributed by atoms with Crippen LogP contribution in [0.5, 0.6) is 0 Å². The van der Waals surface area contributed by atoms with Crippen molar-refractivity contribution in [2.24, 2.45) is 5.73 Å². The van der Waals surface area contributed by atoms with E-state index in [9.17, 15) is 4.79 Å². The van der Waals surface area contributed by atoms with Crippen LogP contribution in [0.1, 0.15) is 21.2 Å². The van der Waals surface area contributed by atoms with Gasteiger partial charge in [0.1, 0.15) is 11.4 Å². The zero-order chi connectivity index (χ0) is 14.7. The number of nitrogens with two attached hydrogens (primary N) is 1. The van der Waals surface area contributed by atoms with Crippen LogP contribution in [0.25, 0.3) is 5.69 Å². The molecule has 2 N–H and O–H groups in total. The quantitative estimate of drug-likeness (QED) is 0.732. The first kappa shape index (κ1) is 13.7. The number of aromatic nitrogens is 3. The summed E-state index contributed by atoms with van der Waals surface area (Å²) in [6, 6.07) is 11.3. The number of para-hydroxylation sites is 1. The standard InChI is InChI=1S/C15H14N4OS/c16-8-6-14-18-12(10-21-14)15(20)13-7-9-17-19(13)11-4-2-1-3-5-11/h1-5,7,9-10H,6,8,16H2. The van der Waals surface area contributed by atoms with E-state index >= 15 is 0 Å². The van der Waals surface area contributed by atoms with E-state index in [-0.39, 0.29) is 5.78 Å². The highest BCUT2D eigenvalue weighted by molar-refractivity contribution is 7.09. The number of thiazole rings is 1. The topological polar surface area (TPSA) is 73.8 Å². The lowest BCUT2D eigenvalue weighted by Crippen LogP contribution is -2.10. The Hall–Kier alpha value is -2.31. The van der Waals surface area contributed by atoms with Gasteiger partial charge in [-0.1, -0.05) is 18.2 Å². The Bertz CT molecular complexity index is 748. The monoisotopic (exact) mass is 298 g/mol. The van der Waals surface area contributed by atoms with E-state index in [1.165, 1.54) is 11.3 Å². The minimum Gasteiger partial charge on any atom is -0.330 e. The Balaban J connectivity index is 1.94. The van der Waals surface area contributed by atoms with Gasteiger partial charge in [-0.3, -0.25) is 4.79 Å². The van der Waals surface area contributed by atoms with Crippen molar-refractivity contribution in [3.05, 3.63) is 64.4 Å². The number of carbonyl (C=O) groups excluding carboxylic acids is 1. The molecule has 2 heterocycles. The molecule has 0 atom stereocenters. The highest BCUT2D eigenvalue weighted by Crippen LogP contribution is 2.17. The van der Waals surface area contributed by atoms with Crippen molar-refractivity contribution in [2.45, 2.75) is 6.42 Å². The summed E-state index contributed by atoms with van der Waals surface area (Å²) in [5.41, 5.74) is 7.31. The highest BCUT2D eigenvalue weighted by atomic mass is 32.1. The Labute approximate surface area is 126 Å². The van der Waals surface area contributed by atoms with Crippen molar-refractivity contribution in [1.82, 2.24) is 14.8 Å². The number of benzene rings is 1. The smallest absolute Gasteiger partial charge is 0.230 e. The summed E-state index contributed by atoms with van der Waals surface area (Å²) in [6.07, 6.45) is 2.31. The van der Waals surface area contributed by atoms with Crippen LogP contribution in [0.15, 0.2) is 48.0 Å². The van der Waals surface area contributed by atoms with Gasteiger partial charge in [0.2, 0.25) is 5.78 Å². The Kier molecular flexibility index (Phi) is 3.89. The van der Waals surface area contributed by atoms with E-state index in [1.54, 1.807) is 22.3 Å². The van der Waals surface area contributed by atoms with Crippen molar-refractivity contribution in [3.8, 4) is 5.69 Å². The summed E-state index contributed by atoms with van der Waals surface area (Å²) in [7, 11) is 0. The van der Waals surface area contributed by atoms with E-state index in [0.717, 1.165) is 10.7 Å². The molecule has 0 saturated carbocycles. The molecule has 0 amide bonds. The number of hydrogen-bond acceptors (Lipinski definition) is 5. The third-order valence-corrected chi connectivity index (χ3v) is 3.93. The SMILES string of the molecule is NCCc1nc(C(=O)c2ccnn2-c2ccccc2)cs1. The summed E-state index contributed by atoms with van der Waals surface area (Å²) in [5, 5.41) is 6.88. The molecule has 0 spiro atoms. The van der Waals surface area contributed by atoms with Gasteiger partial charge >= 0.3 is 0 Å². The Morgan fingerprint density at radius 1 is 1.24 bits per heavy atom. The lowest BCUT2D eigenvalue weighted by atomic mass is 10.2. The first-order valence-corrected chi connectivity index (χ1v) is 7.46. The van der Waals surface area contributed by atoms with Crippen molar-refractivity contribution in [2.75, 3.05) is 6.54 Å². The predicted molar refractivity (Wildman–Crippen MR) is 81.9 cm³/mol. The second-order valence-electron chi connectivity index (χ2n) is 4.46. The van der Waals surface area contributed by atoms with Crippen molar-refractivity contribution >= 4 is 17.1 Å². The molecule has 0 aliphatic rings. The number of ketones is 1. The van der Waals surface area contributed by atoms with Gasteiger partial charge in [0.05, 0.1) is 16.9 Å². The maximum atomic E-state index is 12.6. The van der Waals surface area contributed by atoms with Gasteiger partial charge in [-0.25, -0.2) is 9.67 Å². The summed E-state index contributed by atoms with van der Waals surface area (Å²) < 4.78 is 1.63. The van der Waals surface area contributed by atoms with Crippen LogP contribution in [0, 0.1) is 0 Å². The Morgan fingerprint density at radius 2 is 2.05 bits per heavy atom. The number of rotatable bonds is 5. The fourth-order valence-electron chi connectivity index (χ4n) is 2.03. The number of nitrogens with zero attached hydrogens (tertiary/aromatic N) is 3. The Morgan fingerprint density at radius 3 is 2.81 bits per heavy atom. The number of hydrogen-bond donors (Lipinski definition) is 1. The molecule has 0 unspecified atom stereocenters. The molecule has 3 rings (SSSR count). The lowest BCUT2D eigenvalue weighted by molar-refractivity contribution is 0.102. The predicted octanol–water partition coefficient (Wildman–Crippen LogP) is 2.06. The molecule has 5 nitrogen and oxygen atoms in total. The van der Waals surface area contributed by atoms with Crippen LogP contribution in [0.2, 0.25) is 0 Å². The molecule has 2 aromatic heterocycles. The molecule has 0 saturated heterocycles. The molecular formula is C15H14N4OS. The van der Waals surface area contributed by atoms with Gasteiger partial charge in [0.15, 0.2) is 0 Å². The molecule has 106 valence electrons. The van der Waals surface area contributed by atoms with Gasteiger partial charge in [-0.15, -0.1) is 11.3 Å². The molecule has 0 fully saturated rings. The van der Waals surface area contributed by atoms with Crippen molar-refractivity contribution in [1.29, 1.82) is 0 Å². The first-order valence-electron chi connectivity index (χ1n) is 6.58. The maximum absolute atomic E-state index is 12.6. The summed E-state index contributed by atoms with van der Waals surface area (Å²) >= 11 is 1.46. The van der Waals surface area contributed by atoms with E-state index in [4.69, 9.17) is 5.73 Å². The summed E-state index contributed by atoms with van der Waals surface area (Å²) in [4.78, 5) is 16.9. The second kappa shape index (κ2) is 5.99. The van der Waals surface area contributed by atoms with Crippen LogP contribution in [0.4, 0.5) is 0 Å². The number of carbonyl (C=O) groups is 1. The zero-order valence-electron chi connectivity index (χ0n) is 11.3. The molecule has 0 aliphatic carbocycles. The van der Waals surface area contributed by atoms with Crippen molar-refractivity contribution in [3.63, 3.8) is 0 Å². The average Bonchev–Trinajstić information content (AvgIpc) is 3.17. The van der Waals surface area contributed by atoms with E-state index in [1.807, 2.05) is 30.3 Å². The molecule has 1 aromatic carbocycles. The van der Waals surface area contributed by atoms with Gasteiger partial charge in [0, 0.05) is 11.8 Å². The van der Waals surface area contributed by atoms with E-state index in [2.05, 4.69) is 10.1 Å².